The summed E-state index contributed by atoms with van der Waals surface area (Å²) in [5.41, 5.74) is 0.695. The van der Waals surface area contributed by atoms with Crippen molar-refractivity contribution in [1.29, 1.82) is 0 Å². The normalized spacial score (nSPS) is 15.7. The van der Waals surface area contributed by atoms with Crippen molar-refractivity contribution in [3.05, 3.63) is 40.7 Å². The molecule has 1 aliphatic heterocycles. The quantitative estimate of drug-likeness (QED) is 0.571. The average Bonchev–Trinajstić information content (AvgIpc) is 3.43. The molecule has 1 saturated heterocycles. The second-order valence-corrected chi connectivity index (χ2v) is 10.7. The van der Waals surface area contributed by atoms with Crippen molar-refractivity contribution in [2.24, 2.45) is 5.92 Å². The molecule has 1 aromatic carbocycles. The minimum Gasteiger partial charge on any atom is -0.497 e. The molecule has 2 aromatic heterocycles. The highest BCUT2D eigenvalue weighted by Crippen LogP contribution is 2.31. The van der Waals surface area contributed by atoms with Gasteiger partial charge in [-0.3, -0.25) is 10.1 Å². The smallest absolute Gasteiger partial charge is 0.322 e. The number of nitrogens with zero attached hydrogens (tertiary/aromatic N) is 3. The minimum atomic E-state index is -3.60. The second kappa shape index (κ2) is 8.95. The van der Waals surface area contributed by atoms with Gasteiger partial charge in [-0.15, -0.1) is 16.4 Å². The van der Waals surface area contributed by atoms with E-state index in [9.17, 15) is 13.2 Å². The van der Waals surface area contributed by atoms with Gasteiger partial charge in [0.1, 0.15) is 9.96 Å². The van der Waals surface area contributed by atoms with Crippen molar-refractivity contribution in [2.45, 2.75) is 17.1 Å². The molecule has 0 bridgehead atoms. The topological polar surface area (TPSA) is 115 Å². The fourth-order valence-electron chi connectivity index (χ4n) is 3.25. The van der Waals surface area contributed by atoms with Gasteiger partial charge in [0.15, 0.2) is 0 Å². The van der Waals surface area contributed by atoms with Gasteiger partial charge in [-0.1, -0.05) is 16.7 Å². The summed E-state index contributed by atoms with van der Waals surface area (Å²) < 4.78 is 38.0. The zero-order valence-corrected chi connectivity index (χ0v) is 18.8. The van der Waals surface area contributed by atoms with E-state index in [4.69, 9.17) is 20.8 Å². The molecule has 1 aliphatic rings. The fourth-order valence-corrected chi connectivity index (χ4v) is 6.36. The molecule has 1 amide bonds. The van der Waals surface area contributed by atoms with Gasteiger partial charge in [-0.2, -0.15) is 4.31 Å². The van der Waals surface area contributed by atoms with Crippen molar-refractivity contribution >= 4 is 44.9 Å². The van der Waals surface area contributed by atoms with E-state index in [0.717, 1.165) is 11.3 Å². The van der Waals surface area contributed by atoms with Gasteiger partial charge < -0.3 is 9.15 Å². The Balaban J connectivity index is 1.35. The third-order valence-electron chi connectivity index (χ3n) is 4.96. The third-order valence-corrected chi connectivity index (χ3v) is 8.56. The van der Waals surface area contributed by atoms with Crippen LogP contribution in [0, 0.1) is 5.92 Å². The first kappa shape index (κ1) is 21.8. The van der Waals surface area contributed by atoms with Crippen LogP contribution in [0.15, 0.2) is 45.0 Å². The number of piperidine rings is 1. The molecule has 3 heterocycles. The number of amides is 1. The Hall–Kier alpha value is -2.47. The van der Waals surface area contributed by atoms with Crippen molar-refractivity contribution in [1.82, 2.24) is 14.5 Å². The van der Waals surface area contributed by atoms with Crippen molar-refractivity contribution < 1.29 is 22.4 Å². The van der Waals surface area contributed by atoms with Crippen LogP contribution in [-0.2, 0) is 14.8 Å². The second-order valence-electron chi connectivity index (χ2n) is 6.87. The van der Waals surface area contributed by atoms with Crippen LogP contribution in [0.2, 0.25) is 4.34 Å². The van der Waals surface area contributed by atoms with E-state index in [0.29, 0.717) is 28.5 Å². The molecule has 1 fully saturated rings. The van der Waals surface area contributed by atoms with Gasteiger partial charge in [0.2, 0.25) is 11.8 Å². The van der Waals surface area contributed by atoms with E-state index in [1.54, 1.807) is 37.4 Å². The van der Waals surface area contributed by atoms with Gasteiger partial charge in [-0.25, -0.2) is 8.42 Å². The number of anilines is 1. The molecule has 4 rings (SSSR count). The van der Waals surface area contributed by atoms with Gasteiger partial charge in [-0.05, 0) is 49.2 Å². The Morgan fingerprint density at radius 3 is 2.52 bits per heavy atom. The lowest BCUT2D eigenvalue weighted by Gasteiger charge is -2.29. The Kier molecular flexibility index (Phi) is 6.28. The van der Waals surface area contributed by atoms with Crippen LogP contribution >= 0.6 is 22.9 Å². The Morgan fingerprint density at radius 1 is 1.19 bits per heavy atom. The number of sulfonamides is 1. The highest BCUT2D eigenvalue weighted by atomic mass is 35.5. The highest BCUT2D eigenvalue weighted by molar-refractivity contribution is 7.91. The lowest BCUT2D eigenvalue weighted by molar-refractivity contribution is -0.121. The maximum absolute atomic E-state index is 12.7. The van der Waals surface area contributed by atoms with E-state index in [-0.39, 0.29) is 41.0 Å². The zero-order chi connectivity index (χ0) is 22.0. The number of hydrogen-bond donors (Lipinski definition) is 1. The number of halogens is 1. The van der Waals surface area contributed by atoms with E-state index < -0.39 is 10.0 Å². The molecule has 12 heteroatoms. The molecule has 0 unspecified atom stereocenters. The molecular weight excluding hydrogens is 464 g/mol. The molecule has 9 nitrogen and oxygen atoms in total. The first-order chi connectivity index (χ1) is 14.9. The van der Waals surface area contributed by atoms with Crippen LogP contribution in [0.3, 0.4) is 0 Å². The minimum absolute atomic E-state index is 0.000836. The number of rotatable bonds is 6. The van der Waals surface area contributed by atoms with Gasteiger partial charge in [0.05, 0.1) is 11.4 Å². The molecule has 164 valence electrons. The predicted octanol–water partition coefficient (Wildman–Crippen LogP) is 3.50. The molecule has 0 radical (unpaired) electrons. The Labute approximate surface area is 188 Å². The summed E-state index contributed by atoms with van der Waals surface area (Å²) >= 11 is 6.88. The third kappa shape index (κ3) is 4.74. The monoisotopic (exact) mass is 482 g/mol. The van der Waals surface area contributed by atoms with Crippen LogP contribution in [0.5, 0.6) is 5.75 Å². The lowest BCUT2D eigenvalue weighted by Crippen LogP contribution is -2.41. The Morgan fingerprint density at radius 2 is 1.90 bits per heavy atom. The number of methoxy groups -OCH3 is 1. The number of hydrogen-bond acceptors (Lipinski definition) is 8. The van der Waals surface area contributed by atoms with E-state index in [1.807, 2.05) is 0 Å². The molecule has 31 heavy (non-hydrogen) atoms. The summed E-state index contributed by atoms with van der Waals surface area (Å²) in [6, 6.07) is 10.1. The molecule has 0 spiro atoms. The SMILES string of the molecule is COc1ccc(-c2nnc(NC(=O)C3CCN(S(=O)(=O)c4ccc(Cl)s4)CC3)o2)cc1. The summed E-state index contributed by atoms with van der Waals surface area (Å²) in [4.78, 5) is 12.6. The van der Waals surface area contributed by atoms with Crippen LogP contribution in [0.25, 0.3) is 11.5 Å². The summed E-state index contributed by atoms with van der Waals surface area (Å²) in [5.74, 6) is 0.344. The van der Waals surface area contributed by atoms with E-state index >= 15 is 0 Å². The number of aromatic nitrogens is 2. The number of carbonyl (C=O) groups excluding carboxylic acids is 1. The largest absolute Gasteiger partial charge is 0.497 e. The number of nitrogens with one attached hydrogen (secondary N) is 1. The molecule has 0 atom stereocenters. The highest BCUT2D eigenvalue weighted by Gasteiger charge is 2.33. The lowest BCUT2D eigenvalue weighted by atomic mass is 9.97. The molecule has 0 saturated carbocycles. The van der Waals surface area contributed by atoms with Crippen LogP contribution < -0.4 is 10.1 Å². The molecule has 3 aromatic rings. The van der Waals surface area contributed by atoms with Crippen LogP contribution in [0.4, 0.5) is 6.01 Å². The zero-order valence-electron chi connectivity index (χ0n) is 16.4. The molecule has 0 aliphatic carbocycles. The molecular formula is C19H19ClN4O5S2. The van der Waals surface area contributed by atoms with Crippen LogP contribution in [-0.4, -0.2) is 49.0 Å². The average molecular weight is 483 g/mol. The van der Waals surface area contributed by atoms with Crippen LogP contribution in [0.1, 0.15) is 12.8 Å². The first-order valence-electron chi connectivity index (χ1n) is 9.41. The number of carbonyl (C=O) groups is 1. The standard InChI is InChI=1S/C19H19ClN4O5S2/c1-28-14-4-2-13(3-5-14)18-22-23-19(29-18)21-17(25)12-8-10-24(11-9-12)31(26,27)16-7-6-15(20)30-16/h2-7,12H,8-11H2,1H3,(H,21,23,25). The number of benzene rings is 1. The maximum Gasteiger partial charge on any atom is 0.322 e. The summed E-state index contributed by atoms with van der Waals surface area (Å²) in [7, 11) is -2.02. The Bertz CT molecular complexity index is 1170. The summed E-state index contributed by atoms with van der Waals surface area (Å²) in [5, 5.41) is 10.4. The van der Waals surface area contributed by atoms with Crippen molar-refractivity contribution in [3.8, 4) is 17.2 Å². The summed E-state index contributed by atoms with van der Waals surface area (Å²) in [6.07, 6.45) is 0.785. The molecule has 1 N–H and O–H groups in total. The van der Waals surface area contributed by atoms with Gasteiger partial charge in [0.25, 0.3) is 10.0 Å². The van der Waals surface area contributed by atoms with E-state index in [2.05, 4.69) is 15.5 Å². The summed E-state index contributed by atoms with van der Waals surface area (Å²) in [6.45, 7) is 0.494. The van der Waals surface area contributed by atoms with E-state index in [1.165, 1.54) is 10.4 Å². The maximum atomic E-state index is 12.7. The van der Waals surface area contributed by atoms with Gasteiger partial charge >= 0.3 is 6.01 Å². The number of ether oxygens (including phenoxy) is 1. The van der Waals surface area contributed by atoms with Gasteiger partial charge in [0, 0.05) is 24.6 Å². The predicted molar refractivity (Wildman–Crippen MR) is 116 cm³/mol. The fraction of sp³-hybridized carbons (Fsp3) is 0.316. The van der Waals surface area contributed by atoms with Crippen molar-refractivity contribution in [2.75, 3.05) is 25.5 Å². The van der Waals surface area contributed by atoms with Crippen molar-refractivity contribution in [3.63, 3.8) is 0 Å². The first-order valence-corrected chi connectivity index (χ1v) is 12.0. The number of thiophene rings is 1.